The molecule has 0 unspecified atom stereocenters. The molecule has 0 saturated heterocycles. The second-order valence-electron chi connectivity index (χ2n) is 6.69. The zero-order valence-electron chi connectivity index (χ0n) is 14.2. The number of aryl methyl sites for hydroxylation is 3. The fraction of sp³-hybridized carbons (Fsp3) is 0.350. The van der Waals surface area contributed by atoms with Crippen LogP contribution >= 0.6 is 12.4 Å². The van der Waals surface area contributed by atoms with Gasteiger partial charge in [-0.15, -0.1) is 12.4 Å². The van der Waals surface area contributed by atoms with Crippen molar-refractivity contribution in [1.82, 2.24) is 9.55 Å². The van der Waals surface area contributed by atoms with Crippen LogP contribution in [0, 0.1) is 27.7 Å². The van der Waals surface area contributed by atoms with Crippen LogP contribution in [0.4, 0.5) is 0 Å². The summed E-state index contributed by atoms with van der Waals surface area (Å²) in [5, 5.41) is 1.40. The Kier molecular flexibility index (Phi) is 3.97. The topological polar surface area (TPSA) is 17.8 Å². The molecule has 3 aromatic rings. The zero-order chi connectivity index (χ0) is 15.4. The molecule has 1 saturated carbocycles. The molecular weight excluding hydrogens is 304 g/mol. The van der Waals surface area contributed by atoms with E-state index in [2.05, 4.69) is 56.5 Å². The maximum Gasteiger partial charge on any atom is 0.0945 e. The highest BCUT2D eigenvalue weighted by molar-refractivity contribution is 5.97. The van der Waals surface area contributed by atoms with E-state index in [9.17, 15) is 0 Å². The Morgan fingerprint density at radius 3 is 2.26 bits per heavy atom. The average molecular weight is 327 g/mol. The lowest BCUT2D eigenvalue weighted by atomic mass is 10.0. The van der Waals surface area contributed by atoms with Crippen molar-refractivity contribution in [1.29, 1.82) is 0 Å². The predicted octanol–water partition coefficient (Wildman–Crippen LogP) is 5.69. The first-order valence-corrected chi connectivity index (χ1v) is 8.11. The van der Waals surface area contributed by atoms with Gasteiger partial charge in [0.2, 0.25) is 0 Å². The molecule has 1 aliphatic carbocycles. The third kappa shape index (κ3) is 2.46. The molecule has 0 radical (unpaired) electrons. The van der Waals surface area contributed by atoms with E-state index in [4.69, 9.17) is 4.98 Å². The lowest BCUT2D eigenvalue weighted by Crippen LogP contribution is -1.99. The second kappa shape index (κ2) is 5.68. The van der Waals surface area contributed by atoms with Crippen LogP contribution in [0.3, 0.4) is 0 Å². The molecule has 4 rings (SSSR count). The highest BCUT2D eigenvalue weighted by Crippen LogP contribution is 2.43. The minimum atomic E-state index is 0. The highest BCUT2D eigenvalue weighted by atomic mass is 35.5. The van der Waals surface area contributed by atoms with Crippen molar-refractivity contribution in [2.75, 3.05) is 0 Å². The highest BCUT2D eigenvalue weighted by Gasteiger charge is 2.29. The molecule has 3 heteroatoms. The van der Waals surface area contributed by atoms with Crippen molar-refractivity contribution < 1.29 is 0 Å². The molecule has 1 fully saturated rings. The molecule has 23 heavy (non-hydrogen) atoms. The number of benzene rings is 1. The minimum absolute atomic E-state index is 0. The number of halogens is 1. The number of rotatable bonds is 2. The Balaban J connectivity index is 0.00000156. The summed E-state index contributed by atoms with van der Waals surface area (Å²) in [5.74, 6) is 0. The maximum absolute atomic E-state index is 4.81. The normalized spacial score (nSPS) is 14.1. The standard InChI is InChI=1S/C20H22N2.ClH/c1-12-5-7-16(8-6-12)19-20-18(13(2)11-21-19)14(3)15(4)22(20)17-9-10-17;/h5-8,11,17H,9-10H2,1-4H3;1H. The number of aromatic nitrogens is 2. The predicted molar refractivity (Wildman–Crippen MR) is 99.6 cm³/mol. The van der Waals surface area contributed by atoms with Gasteiger partial charge in [-0.3, -0.25) is 4.98 Å². The number of pyridine rings is 1. The smallest absolute Gasteiger partial charge is 0.0945 e. The molecular formula is C20H23ClN2. The number of hydrogen-bond donors (Lipinski definition) is 0. The van der Waals surface area contributed by atoms with Crippen LogP contribution in [0.25, 0.3) is 22.2 Å². The third-order valence-electron chi connectivity index (χ3n) is 5.00. The summed E-state index contributed by atoms with van der Waals surface area (Å²) in [6, 6.07) is 9.41. The molecule has 0 aliphatic heterocycles. The number of nitrogens with zero attached hydrogens (tertiary/aromatic N) is 2. The van der Waals surface area contributed by atoms with Crippen LogP contribution in [-0.2, 0) is 0 Å². The number of fused-ring (bicyclic) bond motifs is 1. The van der Waals surface area contributed by atoms with Crippen LogP contribution in [0.2, 0.25) is 0 Å². The van der Waals surface area contributed by atoms with Crippen molar-refractivity contribution in [2.24, 2.45) is 0 Å². The van der Waals surface area contributed by atoms with Gasteiger partial charge < -0.3 is 4.57 Å². The Bertz CT molecular complexity index is 871. The first kappa shape index (κ1) is 16.1. The van der Waals surface area contributed by atoms with Crippen LogP contribution in [0.1, 0.15) is 41.3 Å². The zero-order valence-corrected chi connectivity index (χ0v) is 15.0. The lowest BCUT2D eigenvalue weighted by Gasteiger charge is -2.11. The Hall–Kier alpha value is -1.80. The van der Waals surface area contributed by atoms with E-state index in [0.29, 0.717) is 6.04 Å². The molecule has 120 valence electrons. The third-order valence-corrected chi connectivity index (χ3v) is 5.00. The van der Waals surface area contributed by atoms with Gasteiger partial charge in [0.1, 0.15) is 0 Å². The van der Waals surface area contributed by atoms with E-state index in [1.54, 1.807) is 0 Å². The summed E-state index contributed by atoms with van der Waals surface area (Å²) >= 11 is 0. The molecule has 0 bridgehead atoms. The van der Waals surface area contributed by atoms with Crippen molar-refractivity contribution in [3.8, 4) is 11.3 Å². The van der Waals surface area contributed by atoms with Crippen LogP contribution in [0.5, 0.6) is 0 Å². The summed E-state index contributed by atoms with van der Waals surface area (Å²) in [6.07, 6.45) is 4.62. The van der Waals surface area contributed by atoms with Gasteiger partial charge in [-0.05, 0) is 51.7 Å². The van der Waals surface area contributed by atoms with Gasteiger partial charge in [-0.25, -0.2) is 0 Å². The number of hydrogen-bond acceptors (Lipinski definition) is 1. The summed E-state index contributed by atoms with van der Waals surface area (Å²) in [6.45, 7) is 8.82. The van der Waals surface area contributed by atoms with Gasteiger partial charge in [-0.2, -0.15) is 0 Å². The quantitative estimate of drug-likeness (QED) is 0.591. The van der Waals surface area contributed by atoms with E-state index in [0.717, 1.165) is 5.69 Å². The van der Waals surface area contributed by atoms with Crippen LogP contribution in [0.15, 0.2) is 30.5 Å². The van der Waals surface area contributed by atoms with E-state index in [-0.39, 0.29) is 12.4 Å². The fourth-order valence-corrected chi connectivity index (χ4v) is 3.54. The molecule has 0 N–H and O–H groups in total. The average Bonchev–Trinajstić information content (AvgIpc) is 3.29. The SMILES string of the molecule is Cc1ccc(-c2ncc(C)c3c(C)c(C)n(C4CC4)c23)cc1.Cl. The lowest BCUT2D eigenvalue weighted by molar-refractivity contribution is 0.745. The second-order valence-corrected chi connectivity index (χ2v) is 6.69. The van der Waals surface area contributed by atoms with Gasteiger partial charge in [0.05, 0.1) is 11.2 Å². The van der Waals surface area contributed by atoms with Crippen LogP contribution < -0.4 is 0 Å². The van der Waals surface area contributed by atoms with E-state index in [1.807, 2.05) is 6.20 Å². The summed E-state index contributed by atoms with van der Waals surface area (Å²) in [5.41, 5.74) is 9.07. The largest absolute Gasteiger partial charge is 0.340 e. The van der Waals surface area contributed by atoms with Crippen LogP contribution in [-0.4, -0.2) is 9.55 Å². The summed E-state index contributed by atoms with van der Waals surface area (Å²) in [4.78, 5) is 4.81. The Morgan fingerprint density at radius 1 is 1.00 bits per heavy atom. The summed E-state index contributed by atoms with van der Waals surface area (Å²) in [7, 11) is 0. The molecule has 2 nitrogen and oxygen atoms in total. The van der Waals surface area contributed by atoms with Gasteiger partial charge in [0.25, 0.3) is 0 Å². The Morgan fingerprint density at radius 2 is 1.65 bits per heavy atom. The molecule has 0 atom stereocenters. The first-order valence-electron chi connectivity index (χ1n) is 8.11. The van der Waals surface area contributed by atoms with E-state index in [1.165, 1.54) is 51.7 Å². The summed E-state index contributed by atoms with van der Waals surface area (Å²) < 4.78 is 2.54. The van der Waals surface area contributed by atoms with Crippen molar-refractivity contribution >= 4 is 23.3 Å². The van der Waals surface area contributed by atoms with Gasteiger partial charge in [0, 0.05) is 28.9 Å². The van der Waals surface area contributed by atoms with Crippen molar-refractivity contribution in [2.45, 2.75) is 46.6 Å². The molecule has 2 heterocycles. The molecule has 2 aromatic heterocycles. The minimum Gasteiger partial charge on any atom is -0.340 e. The maximum atomic E-state index is 4.81. The molecule has 1 aliphatic rings. The van der Waals surface area contributed by atoms with Crippen molar-refractivity contribution in [3.63, 3.8) is 0 Å². The van der Waals surface area contributed by atoms with Gasteiger partial charge in [0.15, 0.2) is 0 Å². The van der Waals surface area contributed by atoms with Gasteiger partial charge in [-0.1, -0.05) is 29.8 Å². The molecule has 0 spiro atoms. The van der Waals surface area contributed by atoms with E-state index >= 15 is 0 Å². The first-order chi connectivity index (χ1) is 10.6. The molecule has 0 amide bonds. The molecule has 1 aromatic carbocycles. The fourth-order valence-electron chi connectivity index (χ4n) is 3.54. The Labute approximate surface area is 144 Å². The van der Waals surface area contributed by atoms with Gasteiger partial charge >= 0.3 is 0 Å². The monoisotopic (exact) mass is 326 g/mol. The van der Waals surface area contributed by atoms with E-state index < -0.39 is 0 Å². The van der Waals surface area contributed by atoms with Crippen molar-refractivity contribution in [3.05, 3.63) is 52.8 Å².